The molecule has 0 saturated carbocycles. The fourth-order valence-electron chi connectivity index (χ4n) is 3.26. The minimum Gasteiger partial charge on any atom is -0.374 e. The molecule has 1 aromatic rings. The van der Waals surface area contributed by atoms with E-state index >= 15 is 0 Å². The van der Waals surface area contributed by atoms with Gasteiger partial charge in [0.05, 0.1) is 5.60 Å². The Kier molecular flexibility index (Phi) is 4.54. The molecule has 2 N–H and O–H groups in total. The molecule has 3 atom stereocenters. The first kappa shape index (κ1) is 15.0. The van der Waals surface area contributed by atoms with E-state index in [1.54, 1.807) is 6.07 Å². The number of hydrogen-bond donors (Lipinski definition) is 1. The molecule has 1 spiro atoms. The summed E-state index contributed by atoms with van der Waals surface area (Å²) in [6, 6.07) is 5.48. The molecule has 3 unspecified atom stereocenters. The van der Waals surface area contributed by atoms with Crippen LogP contribution in [-0.2, 0) is 4.74 Å². The number of hydrogen-bond acceptors (Lipinski definition) is 3. The zero-order chi connectivity index (χ0) is 14.2. The fraction of sp³-hybridized carbons (Fsp3) is 0.600. The summed E-state index contributed by atoms with van der Waals surface area (Å²) in [5.41, 5.74) is 7.50. The van der Waals surface area contributed by atoms with E-state index in [-0.39, 0.29) is 11.6 Å². The largest absolute Gasteiger partial charge is 0.374 e. The van der Waals surface area contributed by atoms with E-state index in [4.69, 9.17) is 33.7 Å². The van der Waals surface area contributed by atoms with Gasteiger partial charge in [0.1, 0.15) is 0 Å². The SMILES string of the molecule is NC(c1cc(Cl)ccc1Cl)C1CCOC2(CCSC2)C1. The molecule has 0 radical (unpaired) electrons. The lowest BCUT2D eigenvalue weighted by molar-refractivity contribution is -0.0834. The normalized spacial score (nSPS) is 31.6. The lowest BCUT2D eigenvalue weighted by Gasteiger charge is -2.40. The zero-order valence-electron chi connectivity index (χ0n) is 11.3. The van der Waals surface area contributed by atoms with Gasteiger partial charge in [0.15, 0.2) is 0 Å². The number of halogens is 2. The third-order valence-corrected chi connectivity index (χ3v) is 6.23. The van der Waals surface area contributed by atoms with Crippen molar-refractivity contribution in [2.75, 3.05) is 18.1 Å². The Bertz CT molecular complexity index is 491. The quantitative estimate of drug-likeness (QED) is 0.877. The van der Waals surface area contributed by atoms with E-state index in [2.05, 4.69) is 0 Å². The Hall–Kier alpha value is 0.0700. The molecule has 5 heteroatoms. The standard InChI is InChI=1S/C15H19Cl2NOS/c16-11-1-2-13(17)12(7-11)14(18)10-3-5-19-15(8-10)4-6-20-9-15/h1-2,7,10,14H,3-6,8-9,18H2. The van der Waals surface area contributed by atoms with E-state index < -0.39 is 0 Å². The minimum absolute atomic E-state index is 0.0518. The van der Waals surface area contributed by atoms with Crippen LogP contribution in [0.25, 0.3) is 0 Å². The van der Waals surface area contributed by atoms with E-state index in [0.717, 1.165) is 37.2 Å². The number of rotatable bonds is 2. The van der Waals surface area contributed by atoms with Crippen LogP contribution in [0, 0.1) is 5.92 Å². The zero-order valence-corrected chi connectivity index (χ0v) is 13.6. The average Bonchev–Trinajstić information content (AvgIpc) is 2.88. The van der Waals surface area contributed by atoms with Crippen molar-refractivity contribution >= 4 is 35.0 Å². The van der Waals surface area contributed by atoms with Gasteiger partial charge in [-0.1, -0.05) is 23.2 Å². The van der Waals surface area contributed by atoms with Gasteiger partial charge in [-0.05, 0) is 54.7 Å². The van der Waals surface area contributed by atoms with Gasteiger partial charge < -0.3 is 10.5 Å². The van der Waals surface area contributed by atoms with E-state index in [9.17, 15) is 0 Å². The summed E-state index contributed by atoms with van der Waals surface area (Å²) in [7, 11) is 0. The average molecular weight is 332 g/mol. The molecule has 2 nitrogen and oxygen atoms in total. The lowest BCUT2D eigenvalue weighted by Crippen LogP contribution is -2.42. The Labute approximate surface area is 134 Å². The monoisotopic (exact) mass is 331 g/mol. The van der Waals surface area contributed by atoms with Gasteiger partial charge in [-0.2, -0.15) is 11.8 Å². The molecule has 20 heavy (non-hydrogen) atoms. The first-order valence-corrected chi connectivity index (χ1v) is 8.93. The highest BCUT2D eigenvalue weighted by molar-refractivity contribution is 7.99. The van der Waals surface area contributed by atoms with Crippen molar-refractivity contribution in [3.63, 3.8) is 0 Å². The van der Waals surface area contributed by atoms with Crippen molar-refractivity contribution < 1.29 is 4.74 Å². The van der Waals surface area contributed by atoms with Crippen LogP contribution >= 0.6 is 35.0 Å². The van der Waals surface area contributed by atoms with Gasteiger partial charge in [0.2, 0.25) is 0 Å². The van der Waals surface area contributed by atoms with E-state index in [0.29, 0.717) is 16.0 Å². The third kappa shape index (κ3) is 2.97. The minimum atomic E-state index is -0.0624. The highest BCUT2D eigenvalue weighted by Crippen LogP contribution is 2.44. The second kappa shape index (κ2) is 6.05. The van der Waals surface area contributed by atoms with Crippen LogP contribution in [0.15, 0.2) is 18.2 Å². The molecule has 2 aliphatic heterocycles. The maximum absolute atomic E-state index is 6.48. The number of benzene rings is 1. The fourth-order valence-corrected chi connectivity index (χ4v) is 5.06. The Morgan fingerprint density at radius 2 is 2.25 bits per heavy atom. The third-order valence-electron chi connectivity index (χ3n) is 4.42. The smallest absolute Gasteiger partial charge is 0.0783 e. The summed E-state index contributed by atoms with van der Waals surface area (Å²) in [5.74, 6) is 2.71. The summed E-state index contributed by atoms with van der Waals surface area (Å²) in [6.45, 7) is 0.803. The molecule has 2 heterocycles. The van der Waals surface area contributed by atoms with Crippen LogP contribution < -0.4 is 5.73 Å². The van der Waals surface area contributed by atoms with Gasteiger partial charge in [-0.3, -0.25) is 0 Å². The molecule has 0 bridgehead atoms. The van der Waals surface area contributed by atoms with Gasteiger partial charge in [-0.15, -0.1) is 0 Å². The van der Waals surface area contributed by atoms with Crippen LogP contribution in [0.5, 0.6) is 0 Å². The maximum Gasteiger partial charge on any atom is 0.0783 e. The topological polar surface area (TPSA) is 35.2 Å². The van der Waals surface area contributed by atoms with Gasteiger partial charge >= 0.3 is 0 Å². The molecule has 1 aromatic carbocycles. The van der Waals surface area contributed by atoms with Crippen LogP contribution in [0.3, 0.4) is 0 Å². The Morgan fingerprint density at radius 1 is 1.40 bits per heavy atom. The highest BCUT2D eigenvalue weighted by Gasteiger charge is 2.42. The maximum atomic E-state index is 6.48. The summed E-state index contributed by atoms with van der Waals surface area (Å²) < 4.78 is 6.06. The molecule has 2 fully saturated rings. The predicted molar refractivity (Wildman–Crippen MR) is 86.7 cm³/mol. The summed E-state index contributed by atoms with van der Waals surface area (Å²) in [5, 5.41) is 1.40. The number of thioether (sulfide) groups is 1. The molecule has 0 aromatic heterocycles. The van der Waals surface area contributed by atoms with Gasteiger partial charge in [0, 0.05) is 28.4 Å². The van der Waals surface area contributed by atoms with Crippen LogP contribution in [0.4, 0.5) is 0 Å². The molecule has 3 rings (SSSR count). The molecule has 2 aliphatic rings. The molecule has 2 saturated heterocycles. The van der Waals surface area contributed by atoms with Crippen LogP contribution in [-0.4, -0.2) is 23.7 Å². The first-order chi connectivity index (χ1) is 9.60. The molecule has 0 amide bonds. The summed E-state index contributed by atoms with van der Waals surface area (Å²) >= 11 is 14.3. The number of ether oxygens (including phenoxy) is 1. The summed E-state index contributed by atoms with van der Waals surface area (Å²) in [4.78, 5) is 0. The van der Waals surface area contributed by atoms with Gasteiger partial charge in [0.25, 0.3) is 0 Å². The van der Waals surface area contributed by atoms with Crippen molar-refractivity contribution in [2.24, 2.45) is 11.7 Å². The van der Waals surface area contributed by atoms with Crippen molar-refractivity contribution in [1.82, 2.24) is 0 Å². The summed E-state index contributed by atoms with van der Waals surface area (Å²) in [6.07, 6.45) is 3.17. The van der Waals surface area contributed by atoms with Crippen molar-refractivity contribution in [3.05, 3.63) is 33.8 Å². The number of nitrogens with two attached hydrogens (primary N) is 1. The van der Waals surface area contributed by atoms with Crippen molar-refractivity contribution in [2.45, 2.75) is 30.9 Å². The highest BCUT2D eigenvalue weighted by atomic mass is 35.5. The molecule has 0 aliphatic carbocycles. The second-order valence-electron chi connectivity index (χ2n) is 5.78. The van der Waals surface area contributed by atoms with E-state index in [1.807, 2.05) is 23.9 Å². The molecule has 110 valence electrons. The van der Waals surface area contributed by atoms with Crippen LogP contribution in [0.1, 0.15) is 30.9 Å². The Morgan fingerprint density at radius 3 is 3.00 bits per heavy atom. The lowest BCUT2D eigenvalue weighted by atomic mass is 9.79. The second-order valence-corrected chi connectivity index (χ2v) is 7.73. The van der Waals surface area contributed by atoms with Crippen LogP contribution in [0.2, 0.25) is 10.0 Å². The molecular weight excluding hydrogens is 313 g/mol. The van der Waals surface area contributed by atoms with Crippen molar-refractivity contribution in [3.8, 4) is 0 Å². The Balaban J connectivity index is 1.79. The predicted octanol–water partition coefficient (Wildman–Crippen LogP) is 4.30. The first-order valence-electron chi connectivity index (χ1n) is 7.02. The molecular formula is C15H19Cl2NOS. The van der Waals surface area contributed by atoms with Crippen molar-refractivity contribution in [1.29, 1.82) is 0 Å². The van der Waals surface area contributed by atoms with E-state index in [1.165, 1.54) is 5.75 Å². The van der Waals surface area contributed by atoms with Gasteiger partial charge in [-0.25, -0.2) is 0 Å².